The van der Waals surface area contributed by atoms with E-state index in [1.807, 2.05) is 0 Å². The van der Waals surface area contributed by atoms with Crippen LogP contribution in [0.15, 0.2) is 42.6 Å². The average molecular weight is 277 g/mol. The highest BCUT2D eigenvalue weighted by Crippen LogP contribution is 2.16. The molecule has 0 aliphatic rings. The van der Waals surface area contributed by atoms with Gasteiger partial charge in [-0.3, -0.25) is 9.71 Å². The van der Waals surface area contributed by atoms with Crippen molar-refractivity contribution < 1.29 is 8.42 Å². The summed E-state index contributed by atoms with van der Waals surface area (Å²) < 4.78 is 26.6. The molecule has 19 heavy (non-hydrogen) atoms. The molecule has 0 saturated carbocycles. The molecule has 2 rings (SSSR count). The van der Waals surface area contributed by atoms with E-state index in [2.05, 4.69) is 9.71 Å². The van der Waals surface area contributed by atoms with Crippen molar-refractivity contribution in [3.63, 3.8) is 0 Å². The monoisotopic (exact) mass is 277 g/mol. The molecule has 1 aromatic heterocycles. The minimum absolute atomic E-state index is 0.119. The number of nitrogen functional groups attached to an aromatic ring is 1. The van der Waals surface area contributed by atoms with E-state index in [4.69, 9.17) is 5.73 Å². The van der Waals surface area contributed by atoms with E-state index in [1.54, 1.807) is 49.5 Å². The molecule has 6 heteroatoms. The molecule has 0 spiro atoms. The minimum atomic E-state index is -3.47. The zero-order chi connectivity index (χ0) is 13.9. The standard InChI is InChI=1S/C13H15N3O2S/c1-10-13(6-3-7-15-10)16-19(17,18)9-11-4-2-5-12(14)8-11/h2-8,16H,9,14H2,1H3. The third kappa shape index (κ3) is 3.69. The lowest BCUT2D eigenvalue weighted by Gasteiger charge is -2.10. The van der Waals surface area contributed by atoms with Gasteiger partial charge in [-0.05, 0) is 36.8 Å². The quantitative estimate of drug-likeness (QED) is 0.836. The number of sulfonamides is 1. The van der Waals surface area contributed by atoms with E-state index in [0.29, 0.717) is 22.6 Å². The van der Waals surface area contributed by atoms with Crippen molar-refractivity contribution in [1.29, 1.82) is 0 Å². The molecule has 1 aromatic carbocycles. The number of nitrogens with zero attached hydrogens (tertiary/aromatic N) is 1. The molecule has 100 valence electrons. The highest BCUT2D eigenvalue weighted by atomic mass is 32.2. The number of aromatic nitrogens is 1. The minimum Gasteiger partial charge on any atom is -0.399 e. The highest BCUT2D eigenvalue weighted by molar-refractivity contribution is 7.91. The summed E-state index contributed by atoms with van der Waals surface area (Å²) in [5, 5.41) is 0. The second-order valence-corrected chi connectivity index (χ2v) is 5.96. The fraction of sp³-hybridized carbons (Fsp3) is 0.154. The van der Waals surface area contributed by atoms with E-state index in [0.717, 1.165) is 0 Å². The first-order valence-corrected chi connectivity index (χ1v) is 7.38. The van der Waals surface area contributed by atoms with E-state index in [-0.39, 0.29) is 5.75 Å². The van der Waals surface area contributed by atoms with Gasteiger partial charge >= 0.3 is 0 Å². The zero-order valence-corrected chi connectivity index (χ0v) is 11.3. The maximum absolute atomic E-state index is 12.1. The number of anilines is 2. The Hall–Kier alpha value is -2.08. The maximum atomic E-state index is 12.1. The fourth-order valence-corrected chi connectivity index (χ4v) is 2.94. The van der Waals surface area contributed by atoms with Crippen LogP contribution < -0.4 is 10.5 Å². The number of hydrogen-bond donors (Lipinski definition) is 2. The first-order valence-electron chi connectivity index (χ1n) is 5.73. The van der Waals surface area contributed by atoms with Gasteiger partial charge in [0.1, 0.15) is 0 Å². The van der Waals surface area contributed by atoms with E-state index in [1.165, 1.54) is 0 Å². The first kappa shape index (κ1) is 13.4. The summed E-state index contributed by atoms with van der Waals surface area (Å²) in [4.78, 5) is 4.04. The molecule has 0 atom stereocenters. The largest absolute Gasteiger partial charge is 0.399 e. The number of nitrogens with one attached hydrogen (secondary N) is 1. The van der Waals surface area contributed by atoms with Gasteiger partial charge in [0.2, 0.25) is 10.0 Å². The van der Waals surface area contributed by atoms with Crippen LogP contribution in [0.4, 0.5) is 11.4 Å². The van der Waals surface area contributed by atoms with Crippen LogP contribution in [0.1, 0.15) is 11.3 Å². The molecule has 0 saturated heterocycles. The summed E-state index contributed by atoms with van der Waals surface area (Å²) in [6, 6.07) is 10.2. The molecule has 5 nitrogen and oxygen atoms in total. The summed E-state index contributed by atoms with van der Waals surface area (Å²) >= 11 is 0. The smallest absolute Gasteiger partial charge is 0.236 e. The topological polar surface area (TPSA) is 85.1 Å². The van der Waals surface area contributed by atoms with Crippen LogP contribution >= 0.6 is 0 Å². The zero-order valence-electron chi connectivity index (χ0n) is 10.5. The van der Waals surface area contributed by atoms with Crippen LogP contribution in [0.2, 0.25) is 0 Å². The average Bonchev–Trinajstić information content (AvgIpc) is 2.31. The van der Waals surface area contributed by atoms with Gasteiger partial charge in [-0.25, -0.2) is 8.42 Å². The summed E-state index contributed by atoms with van der Waals surface area (Å²) in [6.45, 7) is 1.75. The summed E-state index contributed by atoms with van der Waals surface area (Å²) in [6.07, 6.45) is 1.62. The number of nitrogens with two attached hydrogens (primary N) is 1. The van der Waals surface area contributed by atoms with Crippen LogP contribution in [-0.4, -0.2) is 13.4 Å². The molecular formula is C13H15N3O2S. The molecule has 2 aromatic rings. The Morgan fingerprint density at radius 3 is 2.74 bits per heavy atom. The van der Waals surface area contributed by atoms with Crippen LogP contribution in [0.3, 0.4) is 0 Å². The van der Waals surface area contributed by atoms with Crippen molar-refractivity contribution in [3.05, 3.63) is 53.9 Å². The SMILES string of the molecule is Cc1ncccc1NS(=O)(=O)Cc1cccc(N)c1. The Morgan fingerprint density at radius 1 is 1.26 bits per heavy atom. The van der Waals surface area contributed by atoms with E-state index >= 15 is 0 Å². The van der Waals surface area contributed by atoms with Crippen LogP contribution in [0, 0.1) is 6.92 Å². The van der Waals surface area contributed by atoms with E-state index < -0.39 is 10.0 Å². The van der Waals surface area contributed by atoms with E-state index in [9.17, 15) is 8.42 Å². The van der Waals surface area contributed by atoms with Gasteiger partial charge in [0, 0.05) is 11.9 Å². The Morgan fingerprint density at radius 2 is 2.05 bits per heavy atom. The van der Waals surface area contributed by atoms with Gasteiger partial charge in [0.15, 0.2) is 0 Å². The van der Waals surface area contributed by atoms with Gasteiger partial charge in [-0.2, -0.15) is 0 Å². The molecule has 0 aliphatic heterocycles. The molecule has 1 heterocycles. The predicted molar refractivity (Wildman–Crippen MR) is 76.1 cm³/mol. The summed E-state index contributed by atoms with van der Waals surface area (Å²) in [5.41, 5.74) is 7.95. The predicted octanol–water partition coefficient (Wildman–Crippen LogP) is 1.91. The fourth-order valence-electron chi connectivity index (χ4n) is 1.70. The lowest BCUT2D eigenvalue weighted by atomic mass is 10.2. The second kappa shape index (κ2) is 5.27. The first-order chi connectivity index (χ1) is 8.96. The lowest BCUT2D eigenvalue weighted by Crippen LogP contribution is -2.16. The van der Waals surface area contributed by atoms with Crippen LogP contribution in [0.25, 0.3) is 0 Å². The Balaban J connectivity index is 2.18. The van der Waals surface area contributed by atoms with Crippen molar-refractivity contribution in [2.24, 2.45) is 0 Å². The van der Waals surface area contributed by atoms with Crippen molar-refractivity contribution >= 4 is 21.4 Å². The molecule has 0 bridgehead atoms. The van der Waals surface area contributed by atoms with Crippen molar-refractivity contribution in [1.82, 2.24) is 4.98 Å². The van der Waals surface area contributed by atoms with Gasteiger partial charge < -0.3 is 5.73 Å². The molecule has 3 N–H and O–H groups in total. The highest BCUT2D eigenvalue weighted by Gasteiger charge is 2.13. The Labute approximate surface area is 112 Å². The molecular weight excluding hydrogens is 262 g/mol. The molecule has 0 aliphatic carbocycles. The summed E-state index contributed by atoms with van der Waals surface area (Å²) in [7, 11) is -3.47. The normalized spacial score (nSPS) is 11.2. The molecule has 0 amide bonds. The molecule has 0 radical (unpaired) electrons. The molecule has 0 unspecified atom stereocenters. The van der Waals surface area contributed by atoms with Crippen molar-refractivity contribution in [3.8, 4) is 0 Å². The van der Waals surface area contributed by atoms with Gasteiger partial charge in [-0.1, -0.05) is 12.1 Å². The Kier molecular flexibility index (Phi) is 3.71. The lowest BCUT2D eigenvalue weighted by molar-refractivity contribution is 0.600. The number of pyridine rings is 1. The number of rotatable bonds is 4. The van der Waals surface area contributed by atoms with Gasteiger partial charge in [0.25, 0.3) is 0 Å². The Bertz CT molecular complexity index is 684. The molecule has 0 fully saturated rings. The van der Waals surface area contributed by atoms with Crippen LogP contribution in [0.5, 0.6) is 0 Å². The third-order valence-corrected chi connectivity index (χ3v) is 3.82. The van der Waals surface area contributed by atoms with Gasteiger partial charge in [-0.15, -0.1) is 0 Å². The number of benzene rings is 1. The second-order valence-electron chi connectivity index (χ2n) is 4.24. The number of aryl methyl sites for hydroxylation is 1. The maximum Gasteiger partial charge on any atom is 0.236 e. The van der Waals surface area contributed by atoms with Gasteiger partial charge in [0.05, 0.1) is 17.1 Å². The number of hydrogen-bond acceptors (Lipinski definition) is 4. The summed E-state index contributed by atoms with van der Waals surface area (Å²) in [5.74, 6) is -0.119. The van der Waals surface area contributed by atoms with Crippen molar-refractivity contribution in [2.75, 3.05) is 10.5 Å². The van der Waals surface area contributed by atoms with Crippen LogP contribution in [-0.2, 0) is 15.8 Å². The third-order valence-electron chi connectivity index (χ3n) is 2.58. The van der Waals surface area contributed by atoms with Crippen molar-refractivity contribution in [2.45, 2.75) is 12.7 Å².